The Bertz CT molecular complexity index is 1210. The maximum absolute atomic E-state index is 13.0. The predicted octanol–water partition coefficient (Wildman–Crippen LogP) is 3.58. The smallest absolute Gasteiger partial charge is 0.314 e. The zero-order valence-corrected chi connectivity index (χ0v) is 18.3. The Morgan fingerprint density at radius 3 is 2.60 bits per heavy atom. The first-order chi connectivity index (χ1) is 14.3. The van der Waals surface area contributed by atoms with Gasteiger partial charge >= 0.3 is 5.97 Å². The van der Waals surface area contributed by atoms with E-state index in [-0.39, 0.29) is 19.6 Å². The zero-order chi connectivity index (χ0) is 21.5. The molecule has 0 aliphatic carbocycles. The molecule has 0 amide bonds. The fourth-order valence-corrected chi connectivity index (χ4v) is 5.16. The number of H-pyrrole nitrogens is 1. The summed E-state index contributed by atoms with van der Waals surface area (Å²) in [4.78, 5) is 15.7. The minimum absolute atomic E-state index is 0.0326. The van der Waals surface area contributed by atoms with Crippen LogP contribution in [0, 0.1) is 0 Å². The quantitative estimate of drug-likeness (QED) is 0.560. The molecule has 1 atom stereocenters. The summed E-state index contributed by atoms with van der Waals surface area (Å²) in [6.45, 7) is 0.175. The van der Waals surface area contributed by atoms with Crippen molar-refractivity contribution in [2.75, 3.05) is 13.7 Å². The van der Waals surface area contributed by atoms with Crippen LogP contribution < -0.4 is 4.72 Å². The van der Waals surface area contributed by atoms with Crippen LogP contribution in [0.4, 0.5) is 0 Å². The number of ether oxygens (including phenoxy) is 1. The van der Waals surface area contributed by atoms with Crippen LogP contribution in [0.15, 0.2) is 42.5 Å². The summed E-state index contributed by atoms with van der Waals surface area (Å²) in [6, 6.07) is 12.2. The van der Waals surface area contributed by atoms with Gasteiger partial charge in [0.1, 0.15) is 0 Å². The fourth-order valence-electron chi connectivity index (χ4n) is 3.69. The standard InChI is InChI=1S/C20H19Cl2N3O4S/c1-29-20(26)16-10-25(30(27,28)23-9-12-2-4-13(21)5-3-12)11-18-19(16)15-8-14(22)6-7-17(15)24-18/h2-8,16,23-24H,9-11H2,1H3. The SMILES string of the molecule is COC(=O)C1CN(S(=O)(=O)NCc2ccc(Cl)cc2)Cc2[nH]c3ccc(Cl)cc3c21. The molecule has 0 radical (unpaired) electrons. The number of nitrogens with one attached hydrogen (secondary N) is 2. The number of hydrogen-bond donors (Lipinski definition) is 2. The molecule has 0 saturated carbocycles. The number of carbonyl (C=O) groups excluding carboxylic acids is 1. The molecule has 10 heteroatoms. The predicted molar refractivity (Wildman–Crippen MR) is 116 cm³/mol. The Kier molecular flexibility index (Phi) is 5.78. The highest BCUT2D eigenvalue weighted by molar-refractivity contribution is 7.87. The van der Waals surface area contributed by atoms with E-state index in [2.05, 4.69) is 9.71 Å². The van der Waals surface area contributed by atoms with Gasteiger partial charge in [0, 0.05) is 39.7 Å². The number of rotatable bonds is 5. The van der Waals surface area contributed by atoms with Crippen LogP contribution in [-0.4, -0.2) is 37.3 Å². The molecule has 2 heterocycles. The molecule has 1 aromatic heterocycles. The van der Waals surface area contributed by atoms with Crippen molar-refractivity contribution >= 4 is 50.3 Å². The number of aromatic amines is 1. The summed E-state index contributed by atoms with van der Waals surface area (Å²) >= 11 is 12.0. The lowest BCUT2D eigenvalue weighted by Crippen LogP contribution is -2.45. The van der Waals surface area contributed by atoms with Gasteiger partial charge in [-0.3, -0.25) is 4.79 Å². The van der Waals surface area contributed by atoms with Crippen LogP contribution >= 0.6 is 23.2 Å². The van der Waals surface area contributed by atoms with Crippen LogP contribution in [-0.2, 0) is 32.8 Å². The summed E-state index contributed by atoms with van der Waals surface area (Å²) in [5, 5.41) is 1.90. The second kappa shape index (κ2) is 8.20. The number of hydrogen-bond acceptors (Lipinski definition) is 4. The molecule has 1 unspecified atom stereocenters. The summed E-state index contributed by atoms with van der Waals surface area (Å²) in [6.07, 6.45) is 0. The Morgan fingerprint density at radius 2 is 1.90 bits per heavy atom. The molecule has 0 saturated heterocycles. The van der Waals surface area contributed by atoms with Crippen molar-refractivity contribution in [1.29, 1.82) is 0 Å². The lowest BCUT2D eigenvalue weighted by atomic mass is 9.93. The first-order valence-corrected chi connectivity index (χ1v) is 11.3. The lowest BCUT2D eigenvalue weighted by molar-refractivity contribution is -0.142. The summed E-state index contributed by atoms with van der Waals surface area (Å²) in [5.41, 5.74) is 2.92. The molecule has 0 fully saturated rings. The number of carbonyl (C=O) groups is 1. The lowest BCUT2D eigenvalue weighted by Gasteiger charge is -2.31. The third-order valence-corrected chi connectivity index (χ3v) is 7.10. The summed E-state index contributed by atoms with van der Waals surface area (Å²) < 4.78 is 34.7. The highest BCUT2D eigenvalue weighted by Crippen LogP contribution is 2.37. The van der Waals surface area contributed by atoms with Crippen molar-refractivity contribution in [3.63, 3.8) is 0 Å². The van der Waals surface area contributed by atoms with Gasteiger partial charge in [-0.25, -0.2) is 0 Å². The van der Waals surface area contributed by atoms with E-state index in [0.717, 1.165) is 22.0 Å². The normalized spacial score (nSPS) is 17.1. The monoisotopic (exact) mass is 467 g/mol. The number of halogens is 2. The number of esters is 1. The maximum atomic E-state index is 13.0. The molecule has 3 aromatic rings. The largest absolute Gasteiger partial charge is 0.469 e. The molecule has 4 rings (SSSR count). The van der Waals surface area contributed by atoms with E-state index in [9.17, 15) is 13.2 Å². The van der Waals surface area contributed by atoms with Gasteiger partial charge in [0.25, 0.3) is 10.2 Å². The number of methoxy groups -OCH3 is 1. The van der Waals surface area contributed by atoms with Gasteiger partial charge in [0.05, 0.1) is 19.6 Å². The molecule has 2 aromatic carbocycles. The van der Waals surface area contributed by atoms with Crippen molar-refractivity contribution in [2.24, 2.45) is 0 Å². The van der Waals surface area contributed by atoms with Gasteiger partial charge in [-0.2, -0.15) is 17.4 Å². The molecule has 7 nitrogen and oxygen atoms in total. The van der Waals surface area contributed by atoms with Crippen LogP contribution in [0.2, 0.25) is 10.0 Å². The average Bonchev–Trinajstić information content (AvgIpc) is 3.10. The number of aromatic nitrogens is 1. The molecular weight excluding hydrogens is 449 g/mol. The van der Waals surface area contributed by atoms with Crippen LogP contribution in [0.3, 0.4) is 0 Å². The topological polar surface area (TPSA) is 91.5 Å². The molecule has 2 N–H and O–H groups in total. The zero-order valence-electron chi connectivity index (χ0n) is 16.0. The Morgan fingerprint density at radius 1 is 1.20 bits per heavy atom. The van der Waals surface area contributed by atoms with Gasteiger partial charge in [0.2, 0.25) is 0 Å². The van der Waals surface area contributed by atoms with Crippen molar-refractivity contribution in [3.05, 3.63) is 69.3 Å². The first-order valence-electron chi connectivity index (χ1n) is 9.15. The van der Waals surface area contributed by atoms with Gasteiger partial charge < -0.3 is 9.72 Å². The molecular formula is C20H19Cl2N3O4S. The minimum atomic E-state index is -3.86. The van der Waals surface area contributed by atoms with E-state index in [4.69, 9.17) is 27.9 Å². The Hall–Kier alpha value is -2.10. The van der Waals surface area contributed by atoms with Crippen LogP contribution in [0.5, 0.6) is 0 Å². The third-order valence-electron chi connectivity index (χ3n) is 5.15. The number of benzene rings is 2. The highest BCUT2D eigenvalue weighted by Gasteiger charge is 2.38. The summed E-state index contributed by atoms with van der Waals surface area (Å²) in [7, 11) is -2.57. The van der Waals surface area contributed by atoms with E-state index < -0.39 is 22.1 Å². The van der Waals surface area contributed by atoms with Gasteiger partial charge in [-0.15, -0.1) is 0 Å². The van der Waals surface area contributed by atoms with Crippen molar-refractivity contribution in [3.8, 4) is 0 Å². The van der Waals surface area contributed by atoms with E-state index in [1.54, 1.807) is 36.4 Å². The average molecular weight is 468 g/mol. The third kappa shape index (κ3) is 4.06. The van der Waals surface area contributed by atoms with E-state index in [0.29, 0.717) is 15.7 Å². The van der Waals surface area contributed by atoms with E-state index in [1.165, 1.54) is 11.4 Å². The Labute approximate surface area is 184 Å². The van der Waals surface area contributed by atoms with Crippen LogP contribution in [0.1, 0.15) is 22.7 Å². The molecule has 30 heavy (non-hydrogen) atoms. The Balaban J connectivity index is 1.65. The van der Waals surface area contributed by atoms with Gasteiger partial charge in [0.15, 0.2) is 0 Å². The number of nitrogens with zero attached hydrogens (tertiary/aromatic N) is 1. The second-order valence-corrected chi connectivity index (χ2v) is 9.66. The maximum Gasteiger partial charge on any atom is 0.314 e. The molecule has 0 spiro atoms. The van der Waals surface area contributed by atoms with E-state index >= 15 is 0 Å². The van der Waals surface area contributed by atoms with Crippen molar-refractivity contribution in [1.82, 2.24) is 14.0 Å². The van der Waals surface area contributed by atoms with Gasteiger partial charge in [-0.05, 0) is 41.5 Å². The van der Waals surface area contributed by atoms with E-state index in [1.807, 2.05) is 6.07 Å². The number of fused-ring (bicyclic) bond motifs is 3. The highest BCUT2D eigenvalue weighted by atomic mass is 35.5. The molecule has 158 valence electrons. The minimum Gasteiger partial charge on any atom is -0.469 e. The summed E-state index contributed by atoms with van der Waals surface area (Å²) in [5.74, 6) is -1.27. The van der Waals surface area contributed by atoms with Crippen molar-refractivity contribution in [2.45, 2.75) is 19.0 Å². The fraction of sp³-hybridized carbons (Fsp3) is 0.250. The van der Waals surface area contributed by atoms with Crippen LogP contribution in [0.25, 0.3) is 10.9 Å². The molecule has 0 bridgehead atoms. The molecule has 1 aliphatic heterocycles. The first kappa shape index (κ1) is 21.1. The van der Waals surface area contributed by atoms with Gasteiger partial charge in [-0.1, -0.05) is 35.3 Å². The second-order valence-electron chi connectivity index (χ2n) is 7.03. The van der Waals surface area contributed by atoms with Crippen molar-refractivity contribution < 1.29 is 17.9 Å². The molecule has 1 aliphatic rings.